The van der Waals surface area contributed by atoms with Crippen molar-refractivity contribution in [1.29, 1.82) is 0 Å². The summed E-state index contributed by atoms with van der Waals surface area (Å²) in [6, 6.07) is 6.83. The minimum atomic E-state index is -0.321. The third-order valence-corrected chi connectivity index (χ3v) is 3.93. The van der Waals surface area contributed by atoms with Crippen molar-refractivity contribution >= 4 is 11.8 Å². The van der Waals surface area contributed by atoms with Crippen LogP contribution in [0.25, 0.3) is 11.3 Å². The van der Waals surface area contributed by atoms with Crippen LogP contribution in [0.1, 0.15) is 24.8 Å². The molecule has 1 saturated carbocycles. The van der Waals surface area contributed by atoms with E-state index in [0.717, 1.165) is 12.0 Å². The van der Waals surface area contributed by atoms with E-state index in [9.17, 15) is 9.18 Å². The third kappa shape index (κ3) is 2.68. The Morgan fingerprint density at radius 2 is 2.32 bits per heavy atom. The summed E-state index contributed by atoms with van der Waals surface area (Å²) in [7, 11) is 1.75. The van der Waals surface area contributed by atoms with E-state index in [1.54, 1.807) is 26.1 Å². The lowest BCUT2D eigenvalue weighted by atomic mass is 10.0. The molecule has 5 nitrogen and oxygen atoms in total. The number of esters is 1. The zero-order chi connectivity index (χ0) is 15.7. The number of rotatable bonds is 5. The largest absolute Gasteiger partial charge is 0.466 e. The van der Waals surface area contributed by atoms with Crippen LogP contribution in [0.2, 0.25) is 0 Å². The van der Waals surface area contributed by atoms with E-state index in [4.69, 9.17) is 4.74 Å². The second-order valence-corrected chi connectivity index (χ2v) is 5.36. The highest BCUT2D eigenvalue weighted by Gasteiger charge is 2.45. The zero-order valence-corrected chi connectivity index (χ0v) is 12.5. The van der Waals surface area contributed by atoms with Crippen molar-refractivity contribution in [2.24, 2.45) is 5.92 Å². The summed E-state index contributed by atoms with van der Waals surface area (Å²) in [4.78, 5) is 11.7. The van der Waals surface area contributed by atoms with Crippen molar-refractivity contribution in [1.82, 2.24) is 10.2 Å². The van der Waals surface area contributed by atoms with Gasteiger partial charge in [0.15, 0.2) is 0 Å². The Kier molecular flexibility index (Phi) is 3.83. The summed E-state index contributed by atoms with van der Waals surface area (Å²) in [5.74, 6) is 0.0797. The van der Waals surface area contributed by atoms with E-state index in [2.05, 4.69) is 15.5 Å². The molecule has 1 aromatic heterocycles. The van der Waals surface area contributed by atoms with Crippen molar-refractivity contribution in [3.05, 3.63) is 35.6 Å². The molecule has 0 bridgehead atoms. The van der Waals surface area contributed by atoms with Gasteiger partial charge in [-0.15, -0.1) is 0 Å². The van der Waals surface area contributed by atoms with Crippen LogP contribution >= 0.6 is 0 Å². The molecule has 22 heavy (non-hydrogen) atoms. The summed E-state index contributed by atoms with van der Waals surface area (Å²) < 4.78 is 19.3. The van der Waals surface area contributed by atoms with E-state index in [1.165, 1.54) is 6.07 Å². The van der Waals surface area contributed by atoms with E-state index >= 15 is 0 Å². The van der Waals surface area contributed by atoms with Crippen LogP contribution in [0.5, 0.6) is 0 Å². The monoisotopic (exact) mass is 303 g/mol. The number of benzene rings is 1. The summed E-state index contributed by atoms with van der Waals surface area (Å²) in [5, 5.41) is 9.70. The summed E-state index contributed by atoms with van der Waals surface area (Å²) in [5.41, 5.74) is 1.92. The molecule has 1 heterocycles. The van der Waals surface area contributed by atoms with Gasteiger partial charge in [-0.05, 0) is 37.0 Å². The maximum Gasteiger partial charge on any atom is 0.309 e. The van der Waals surface area contributed by atoms with E-state index < -0.39 is 0 Å². The first kappa shape index (κ1) is 14.6. The van der Waals surface area contributed by atoms with Gasteiger partial charge >= 0.3 is 5.97 Å². The van der Waals surface area contributed by atoms with Gasteiger partial charge in [-0.25, -0.2) is 4.39 Å². The van der Waals surface area contributed by atoms with Gasteiger partial charge < -0.3 is 10.1 Å². The third-order valence-electron chi connectivity index (χ3n) is 3.93. The molecule has 116 valence electrons. The maximum atomic E-state index is 14.3. The summed E-state index contributed by atoms with van der Waals surface area (Å²) in [6.07, 6.45) is 0.728. The van der Waals surface area contributed by atoms with Crippen molar-refractivity contribution in [2.75, 3.05) is 19.0 Å². The lowest BCUT2D eigenvalue weighted by Gasteiger charge is -2.05. The molecule has 1 fully saturated rings. The van der Waals surface area contributed by atoms with Crippen LogP contribution in [0.15, 0.2) is 24.3 Å². The van der Waals surface area contributed by atoms with Gasteiger partial charge in [0, 0.05) is 18.7 Å². The zero-order valence-electron chi connectivity index (χ0n) is 12.5. The molecular formula is C16H18FN3O2. The molecule has 0 amide bonds. The van der Waals surface area contributed by atoms with Crippen LogP contribution in [-0.4, -0.2) is 29.8 Å². The molecular weight excluding hydrogens is 285 g/mol. The van der Waals surface area contributed by atoms with Gasteiger partial charge in [0.05, 0.1) is 18.2 Å². The molecule has 6 heteroatoms. The number of aromatic amines is 1. The molecule has 2 aromatic rings. The van der Waals surface area contributed by atoms with Crippen molar-refractivity contribution in [2.45, 2.75) is 19.3 Å². The van der Waals surface area contributed by atoms with E-state index in [-0.39, 0.29) is 23.6 Å². The van der Waals surface area contributed by atoms with Crippen LogP contribution in [0.3, 0.4) is 0 Å². The highest BCUT2D eigenvalue weighted by Crippen LogP contribution is 2.48. The van der Waals surface area contributed by atoms with Gasteiger partial charge in [0.25, 0.3) is 0 Å². The number of carbonyl (C=O) groups excluding carboxylic acids is 1. The van der Waals surface area contributed by atoms with Crippen LogP contribution in [0.4, 0.5) is 10.2 Å². The fourth-order valence-electron chi connectivity index (χ4n) is 2.64. The van der Waals surface area contributed by atoms with Crippen LogP contribution in [0, 0.1) is 11.7 Å². The minimum absolute atomic E-state index is 0.0669. The normalized spacial score (nSPS) is 19.8. The number of ether oxygens (including phenoxy) is 1. The molecule has 1 aromatic carbocycles. The number of carbonyl (C=O) groups is 1. The predicted octanol–water partition coefficient (Wildman–Crippen LogP) is 2.92. The van der Waals surface area contributed by atoms with E-state index in [0.29, 0.717) is 23.7 Å². The Balaban J connectivity index is 1.77. The number of hydrogen-bond acceptors (Lipinski definition) is 4. The Labute approximate surface area is 127 Å². The second kappa shape index (κ2) is 5.79. The first-order valence-electron chi connectivity index (χ1n) is 7.33. The second-order valence-electron chi connectivity index (χ2n) is 5.36. The molecule has 1 aliphatic rings. The lowest BCUT2D eigenvalue weighted by Crippen LogP contribution is -2.07. The quantitative estimate of drug-likeness (QED) is 0.833. The first-order chi connectivity index (χ1) is 10.6. The lowest BCUT2D eigenvalue weighted by molar-refractivity contribution is -0.144. The summed E-state index contributed by atoms with van der Waals surface area (Å²) >= 11 is 0. The molecule has 0 saturated heterocycles. The Morgan fingerprint density at radius 3 is 2.95 bits per heavy atom. The Bertz CT molecular complexity index is 698. The Hall–Kier alpha value is -2.37. The number of H-pyrrole nitrogens is 1. The number of aromatic nitrogens is 2. The smallest absolute Gasteiger partial charge is 0.309 e. The van der Waals surface area contributed by atoms with Gasteiger partial charge in [0.2, 0.25) is 0 Å². The topological polar surface area (TPSA) is 67.0 Å². The predicted molar refractivity (Wildman–Crippen MR) is 81.0 cm³/mol. The molecule has 2 N–H and O–H groups in total. The van der Waals surface area contributed by atoms with Gasteiger partial charge in [-0.3, -0.25) is 9.89 Å². The van der Waals surface area contributed by atoms with Gasteiger partial charge in [0.1, 0.15) is 11.6 Å². The van der Waals surface area contributed by atoms with Crippen LogP contribution < -0.4 is 5.32 Å². The molecule has 0 radical (unpaired) electrons. The average Bonchev–Trinajstić information content (AvgIpc) is 3.18. The standard InChI is InChI=1S/C16H18FN3O2/c1-3-22-16(21)12-7-11(12)9-4-5-10(13(17)6-9)14-8-15(18-2)20-19-14/h4-6,8,11-12H,3,7H2,1-2H3,(H2,18,19,20)/t11-,12+/m1/s1. The van der Waals surface area contributed by atoms with Crippen molar-refractivity contribution in [3.63, 3.8) is 0 Å². The van der Waals surface area contributed by atoms with E-state index in [1.807, 2.05) is 6.07 Å². The Morgan fingerprint density at radius 1 is 1.50 bits per heavy atom. The fraction of sp³-hybridized carbons (Fsp3) is 0.375. The van der Waals surface area contributed by atoms with Gasteiger partial charge in [-0.1, -0.05) is 6.07 Å². The molecule has 3 rings (SSSR count). The molecule has 0 aliphatic heterocycles. The van der Waals surface area contributed by atoms with Crippen LogP contribution in [-0.2, 0) is 9.53 Å². The molecule has 1 aliphatic carbocycles. The number of nitrogens with zero attached hydrogens (tertiary/aromatic N) is 1. The number of hydrogen-bond donors (Lipinski definition) is 2. The number of halogens is 1. The van der Waals surface area contributed by atoms with Crippen molar-refractivity contribution < 1.29 is 13.9 Å². The fourth-order valence-corrected chi connectivity index (χ4v) is 2.64. The molecule has 0 unspecified atom stereocenters. The maximum absolute atomic E-state index is 14.3. The first-order valence-corrected chi connectivity index (χ1v) is 7.33. The molecule has 2 atom stereocenters. The number of nitrogens with one attached hydrogen (secondary N) is 2. The van der Waals surface area contributed by atoms with Gasteiger partial charge in [-0.2, -0.15) is 5.10 Å². The molecule has 0 spiro atoms. The minimum Gasteiger partial charge on any atom is -0.466 e. The number of anilines is 1. The van der Waals surface area contributed by atoms with Crippen molar-refractivity contribution in [3.8, 4) is 11.3 Å². The average molecular weight is 303 g/mol. The SMILES string of the molecule is CCOC(=O)[C@H]1C[C@@H]1c1ccc(-c2cc(NC)n[nH]2)c(F)c1. The highest BCUT2D eigenvalue weighted by molar-refractivity contribution is 5.77. The highest BCUT2D eigenvalue weighted by atomic mass is 19.1. The summed E-state index contributed by atoms with van der Waals surface area (Å²) in [6.45, 7) is 2.16.